The van der Waals surface area contributed by atoms with Crippen LogP contribution in [0.3, 0.4) is 0 Å². The number of halogens is 1. The summed E-state index contributed by atoms with van der Waals surface area (Å²) < 4.78 is 6.58. The Hall–Kier alpha value is -0.580. The number of Topliss-reactive ketones (excluding diaryl/α,β-unsaturated/α-hetero) is 1. The van der Waals surface area contributed by atoms with E-state index >= 15 is 0 Å². The lowest BCUT2D eigenvalue weighted by molar-refractivity contribution is 0.0983. The maximum absolute atomic E-state index is 11.5. The highest BCUT2D eigenvalue weighted by atomic mass is 127. The first-order valence-corrected chi connectivity index (χ1v) is 5.31. The molecule has 1 aromatic rings. The number of ether oxygens (including phenoxy) is 1. The number of carbonyl (C=O) groups is 1. The molecule has 1 aliphatic rings. The normalized spacial score (nSPS) is 15.9. The minimum absolute atomic E-state index is 0.198. The molecular formula is C10H9IO2. The average molecular weight is 288 g/mol. The highest BCUT2D eigenvalue weighted by Crippen LogP contribution is 2.25. The number of benzene rings is 1. The Morgan fingerprint density at radius 3 is 3.08 bits per heavy atom. The molecule has 1 heterocycles. The number of rotatable bonds is 0. The van der Waals surface area contributed by atoms with E-state index in [9.17, 15) is 4.79 Å². The Morgan fingerprint density at radius 2 is 2.23 bits per heavy atom. The van der Waals surface area contributed by atoms with E-state index in [4.69, 9.17) is 4.74 Å². The van der Waals surface area contributed by atoms with Gasteiger partial charge in [-0.05, 0) is 47.2 Å². The van der Waals surface area contributed by atoms with Gasteiger partial charge in [0.15, 0.2) is 5.78 Å². The number of hydrogen-bond donors (Lipinski definition) is 0. The molecule has 68 valence electrons. The second-order valence-corrected chi connectivity index (χ2v) is 4.26. The first-order valence-electron chi connectivity index (χ1n) is 4.23. The lowest BCUT2D eigenvalue weighted by atomic mass is 10.1. The van der Waals surface area contributed by atoms with Gasteiger partial charge in [0.05, 0.1) is 12.2 Å². The van der Waals surface area contributed by atoms with Crippen LogP contribution in [0.4, 0.5) is 0 Å². The summed E-state index contributed by atoms with van der Waals surface area (Å²) in [5.41, 5.74) is 0.734. The summed E-state index contributed by atoms with van der Waals surface area (Å²) in [6.45, 7) is 0.652. The molecule has 13 heavy (non-hydrogen) atoms. The van der Waals surface area contributed by atoms with Gasteiger partial charge in [-0.3, -0.25) is 4.79 Å². The molecule has 1 aromatic carbocycles. The van der Waals surface area contributed by atoms with Crippen LogP contribution in [0.25, 0.3) is 0 Å². The third-order valence-corrected chi connectivity index (χ3v) is 2.72. The molecule has 3 heteroatoms. The molecular weight excluding hydrogens is 279 g/mol. The van der Waals surface area contributed by atoms with Gasteiger partial charge in [-0.2, -0.15) is 0 Å². The summed E-state index contributed by atoms with van der Waals surface area (Å²) in [4.78, 5) is 11.5. The molecule has 0 amide bonds. The summed E-state index contributed by atoms with van der Waals surface area (Å²) in [5, 5.41) is 0. The highest BCUT2D eigenvalue weighted by Gasteiger charge is 2.16. The molecule has 0 saturated heterocycles. The van der Waals surface area contributed by atoms with Crippen molar-refractivity contribution >= 4 is 28.4 Å². The SMILES string of the molecule is O=C1CCCOc2cc(I)ccc21. The first-order chi connectivity index (χ1) is 6.27. The van der Waals surface area contributed by atoms with E-state index in [0.29, 0.717) is 13.0 Å². The molecule has 1 aliphatic heterocycles. The third-order valence-electron chi connectivity index (χ3n) is 2.05. The molecule has 2 rings (SSSR count). The Kier molecular flexibility index (Phi) is 2.53. The summed E-state index contributed by atoms with van der Waals surface area (Å²) in [6, 6.07) is 5.70. The van der Waals surface area contributed by atoms with E-state index in [1.165, 1.54) is 0 Å². The summed E-state index contributed by atoms with van der Waals surface area (Å²) in [5.74, 6) is 0.943. The second kappa shape index (κ2) is 3.65. The Labute approximate surface area is 90.4 Å². The summed E-state index contributed by atoms with van der Waals surface area (Å²) >= 11 is 2.21. The van der Waals surface area contributed by atoms with Crippen LogP contribution >= 0.6 is 22.6 Å². The van der Waals surface area contributed by atoms with Crippen LogP contribution in [-0.4, -0.2) is 12.4 Å². The predicted octanol–water partition coefficient (Wildman–Crippen LogP) is 2.65. The van der Waals surface area contributed by atoms with Crippen molar-refractivity contribution in [3.8, 4) is 5.75 Å². The molecule has 2 nitrogen and oxygen atoms in total. The molecule has 0 unspecified atom stereocenters. The van der Waals surface area contributed by atoms with E-state index in [1.54, 1.807) is 0 Å². The molecule has 0 bridgehead atoms. The molecule has 0 N–H and O–H groups in total. The van der Waals surface area contributed by atoms with Crippen LogP contribution in [0, 0.1) is 3.57 Å². The van der Waals surface area contributed by atoms with E-state index in [0.717, 1.165) is 21.3 Å². The molecule has 0 atom stereocenters. The second-order valence-electron chi connectivity index (χ2n) is 3.02. The highest BCUT2D eigenvalue weighted by molar-refractivity contribution is 14.1. The van der Waals surface area contributed by atoms with Gasteiger partial charge < -0.3 is 4.74 Å². The summed E-state index contributed by atoms with van der Waals surface area (Å²) in [6.07, 6.45) is 1.43. The van der Waals surface area contributed by atoms with Gasteiger partial charge in [0.25, 0.3) is 0 Å². The molecule has 0 saturated carbocycles. The van der Waals surface area contributed by atoms with Gasteiger partial charge in [0, 0.05) is 9.99 Å². The van der Waals surface area contributed by atoms with Crippen molar-refractivity contribution in [3.63, 3.8) is 0 Å². The van der Waals surface area contributed by atoms with Crippen LogP contribution < -0.4 is 4.74 Å². The lowest BCUT2D eigenvalue weighted by Crippen LogP contribution is -1.97. The molecule has 0 radical (unpaired) electrons. The molecule has 0 fully saturated rings. The maximum Gasteiger partial charge on any atom is 0.166 e. The van der Waals surface area contributed by atoms with Gasteiger partial charge in [-0.1, -0.05) is 0 Å². The lowest BCUT2D eigenvalue weighted by Gasteiger charge is -2.05. The monoisotopic (exact) mass is 288 g/mol. The van der Waals surface area contributed by atoms with Crippen LogP contribution in [0.15, 0.2) is 18.2 Å². The van der Waals surface area contributed by atoms with Crippen molar-refractivity contribution in [1.29, 1.82) is 0 Å². The number of carbonyl (C=O) groups excluding carboxylic acids is 1. The van der Waals surface area contributed by atoms with Gasteiger partial charge in [0.2, 0.25) is 0 Å². The Balaban J connectivity index is 2.48. The van der Waals surface area contributed by atoms with Crippen molar-refractivity contribution < 1.29 is 9.53 Å². The largest absolute Gasteiger partial charge is 0.493 e. The van der Waals surface area contributed by atoms with Gasteiger partial charge in [-0.15, -0.1) is 0 Å². The van der Waals surface area contributed by atoms with Crippen LogP contribution in [0.5, 0.6) is 5.75 Å². The standard InChI is InChI=1S/C10H9IO2/c11-7-3-4-8-9(12)2-1-5-13-10(8)6-7/h3-4,6H,1-2,5H2. The first kappa shape index (κ1) is 8.99. The number of ketones is 1. The van der Waals surface area contributed by atoms with Crippen molar-refractivity contribution in [1.82, 2.24) is 0 Å². The van der Waals surface area contributed by atoms with E-state index in [-0.39, 0.29) is 5.78 Å². The van der Waals surface area contributed by atoms with Gasteiger partial charge in [0.1, 0.15) is 5.75 Å². The van der Waals surface area contributed by atoms with Gasteiger partial charge in [-0.25, -0.2) is 0 Å². The van der Waals surface area contributed by atoms with Crippen LogP contribution in [0.1, 0.15) is 23.2 Å². The predicted molar refractivity (Wildman–Crippen MR) is 58.2 cm³/mol. The average Bonchev–Trinajstić information content (AvgIpc) is 2.28. The summed E-state index contributed by atoms with van der Waals surface area (Å²) in [7, 11) is 0. The number of hydrogen-bond acceptors (Lipinski definition) is 2. The van der Waals surface area contributed by atoms with Crippen LogP contribution in [0.2, 0.25) is 0 Å². The molecule has 0 aliphatic carbocycles. The zero-order valence-corrected chi connectivity index (χ0v) is 9.21. The quantitative estimate of drug-likeness (QED) is 0.686. The van der Waals surface area contributed by atoms with E-state index in [1.807, 2.05) is 18.2 Å². The van der Waals surface area contributed by atoms with Crippen molar-refractivity contribution in [3.05, 3.63) is 27.3 Å². The maximum atomic E-state index is 11.5. The van der Waals surface area contributed by atoms with E-state index in [2.05, 4.69) is 22.6 Å². The topological polar surface area (TPSA) is 26.3 Å². The van der Waals surface area contributed by atoms with Crippen molar-refractivity contribution in [2.75, 3.05) is 6.61 Å². The zero-order chi connectivity index (χ0) is 9.26. The zero-order valence-electron chi connectivity index (χ0n) is 7.05. The Bertz CT molecular complexity index is 347. The fourth-order valence-electron chi connectivity index (χ4n) is 1.40. The fraction of sp³-hybridized carbons (Fsp3) is 0.300. The third kappa shape index (κ3) is 1.85. The molecule has 0 aromatic heterocycles. The Morgan fingerprint density at radius 1 is 1.38 bits per heavy atom. The van der Waals surface area contributed by atoms with E-state index < -0.39 is 0 Å². The fourth-order valence-corrected chi connectivity index (χ4v) is 1.86. The smallest absolute Gasteiger partial charge is 0.166 e. The van der Waals surface area contributed by atoms with Crippen LogP contribution in [-0.2, 0) is 0 Å². The van der Waals surface area contributed by atoms with Crippen molar-refractivity contribution in [2.45, 2.75) is 12.8 Å². The van der Waals surface area contributed by atoms with Gasteiger partial charge >= 0.3 is 0 Å². The number of fused-ring (bicyclic) bond motifs is 1. The minimum atomic E-state index is 0.198. The minimum Gasteiger partial charge on any atom is -0.493 e. The molecule has 0 spiro atoms. The van der Waals surface area contributed by atoms with Crippen molar-refractivity contribution in [2.24, 2.45) is 0 Å².